The fourth-order valence-electron chi connectivity index (χ4n) is 4.45. The number of rotatable bonds is 7. The van der Waals surface area contributed by atoms with Crippen LogP contribution in [0.5, 0.6) is 0 Å². The predicted molar refractivity (Wildman–Crippen MR) is 143 cm³/mol. The van der Waals surface area contributed by atoms with Gasteiger partial charge in [-0.2, -0.15) is 18.3 Å². The molecule has 1 heterocycles. The van der Waals surface area contributed by atoms with Gasteiger partial charge in [0.05, 0.1) is 28.5 Å². The topological polar surface area (TPSA) is 59.0 Å². The maximum atomic E-state index is 14.0. The number of carbonyl (C=O) groups excluding carboxylic acids is 2. The van der Waals surface area contributed by atoms with E-state index in [4.69, 9.17) is 4.74 Å². The van der Waals surface area contributed by atoms with Crippen molar-refractivity contribution >= 4 is 23.7 Å². The molecule has 0 saturated carbocycles. The van der Waals surface area contributed by atoms with Crippen molar-refractivity contribution < 1.29 is 27.5 Å². The minimum atomic E-state index is -4.66. The van der Waals surface area contributed by atoms with Gasteiger partial charge >= 0.3 is 12.1 Å². The summed E-state index contributed by atoms with van der Waals surface area (Å²) in [7, 11) is 0. The number of halogens is 3. The number of allylic oxidation sites excluding steroid dienone is 1. The Morgan fingerprint density at radius 2 is 1.56 bits per heavy atom. The van der Waals surface area contributed by atoms with Gasteiger partial charge in [-0.1, -0.05) is 85.8 Å². The predicted octanol–water partition coefficient (Wildman–Crippen LogP) is 7.13. The zero-order valence-corrected chi connectivity index (χ0v) is 21.5. The maximum Gasteiger partial charge on any atom is 0.416 e. The zero-order valence-electron chi connectivity index (χ0n) is 21.5. The smallest absolute Gasteiger partial charge is 0.416 e. The second kappa shape index (κ2) is 11.9. The molecule has 1 unspecified atom stereocenters. The number of benzene rings is 3. The van der Waals surface area contributed by atoms with Gasteiger partial charge in [-0.05, 0) is 42.2 Å². The summed E-state index contributed by atoms with van der Waals surface area (Å²) in [5, 5.41) is 5.50. The third-order valence-corrected chi connectivity index (χ3v) is 6.36. The lowest BCUT2D eigenvalue weighted by Gasteiger charge is -2.33. The van der Waals surface area contributed by atoms with Crippen molar-refractivity contribution in [1.82, 2.24) is 5.01 Å². The van der Waals surface area contributed by atoms with Crippen LogP contribution in [0.4, 0.5) is 13.2 Å². The first-order chi connectivity index (χ1) is 18.7. The van der Waals surface area contributed by atoms with E-state index in [2.05, 4.69) is 5.10 Å². The van der Waals surface area contributed by atoms with E-state index < -0.39 is 29.5 Å². The molecule has 4 rings (SSSR count). The van der Waals surface area contributed by atoms with Crippen molar-refractivity contribution in [2.75, 3.05) is 0 Å². The molecule has 200 valence electrons. The zero-order chi connectivity index (χ0) is 28.0. The number of esters is 1. The summed E-state index contributed by atoms with van der Waals surface area (Å²) < 4.78 is 47.7. The van der Waals surface area contributed by atoms with E-state index in [1.165, 1.54) is 31.2 Å². The number of hydrazone groups is 1. The van der Waals surface area contributed by atoms with E-state index >= 15 is 0 Å². The Hall–Kier alpha value is -4.46. The molecule has 1 aliphatic heterocycles. The minimum Gasteiger partial charge on any atom is -0.457 e. The molecular weight excluding hydrogens is 505 g/mol. The Labute approximate surface area is 224 Å². The van der Waals surface area contributed by atoms with Crippen LogP contribution in [-0.4, -0.2) is 22.6 Å². The van der Waals surface area contributed by atoms with Gasteiger partial charge in [0.2, 0.25) is 0 Å². The molecule has 0 saturated heterocycles. The first-order valence-corrected chi connectivity index (χ1v) is 12.4. The number of hydrogen-bond acceptors (Lipinski definition) is 4. The Kier molecular flexibility index (Phi) is 8.44. The summed E-state index contributed by atoms with van der Waals surface area (Å²) in [6.07, 6.45) is -1.54. The van der Waals surface area contributed by atoms with E-state index in [9.17, 15) is 22.8 Å². The van der Waals surface area contributed by atoms with Crippen LogP contribution in [-0.2, 0) is 27.1 Å². The van der Waals surface area contributed by atoms with Gasteiger partial charge in [-0.3, -0.25) is 4.79 Å². The molecule has 1 aliphatic rings. The van der Waals surface area contributed by atoms with Crippen LogP contribution in [0.25, 0.3) is 6.08 Å². The molecule has 0 aromatic heterocycles. The lowest BCUT2D eigenvalue weighted by atomic mass is 9.81. The van der Waals surface area contributed by atoms with Crippen molar-refractivity contribution in [2.24, 2.45) is 5.10 Å². The molecular formula is C31H27F3N2O3. The molecule has 0 spiro atoms. The lowest BCUT2D eigenvalue weighted by Crippen LogP contribution is -2.36. The maximum absolute atomic E-state index is 14.0. The largest absolute Gasteiger partial charge is 0.457 e. The van der Waals surface area contributed by atoms with Crippen LogP contribution in [0, 0.1) is 0 Å². The van der Waals surface area contributed by atoms with Gasteiger partial charge in [-0.15, -0.1) is 0 Å². The van der Waals surface area contributed by atoms with Crippen LogP contribution < -0.4 is 0 Å². The normalized spacial score (nSPS) is 15.9. The molecule has 1 atom stereocenters. The van der Waals surface area contributed by atoms with Crippen LogP contribution in [0.3, 0.4) is 0 Å². The second-order valence-electron chi connectivity index (χ2n) is 8.92. The number of ether oxygens (including phenoxy) is 1. The molecule has 8 heteroatoms. The number of hydrogen-bond donors (Lipinski definition) is 0. The molecule has 0 aliphatic carbocycles. The molecule has 3 aromatic rings. The van der Waals surface area contributed by atoms with Gasteiger partial charge in [0.15, 0.2) is 0 Å². The monoisotopic (exact) mass is 532 g/mol. The van der Waals surface area contributed by atoms with Gasteiger partial charge in [0.25, 0.3) is 5.91 Å². The summed E-state index contributed by atoms with van der Waals surface area (Å²) in [6, 6.07) is 23.2. The van der Waals surface area contributed by atoms with Crippen molar-refractivity contribution in [1.29, 1.82) is 0 Å². The van der Waals surface area contributed by atoms with Gasteiger partial charge in [-0.25, -0.2) is 9.80 Å². The quantitative estimate of drug-likeness (QED) is 0.240. The first-order valence-electron chi connectivity index (χ1n) is 12.4. The Morgan fingerprint density at radius 1 is 0.949 bits per heavy atom. The molecule has 5 nitrogen and oxygen atoms in total. The summed E-state index contributed by atoms with van der Waals surface area (Å²) in [6.45, 7) is 3.13. The average molecular weight is 533 g/mol. The number of amides is 1. The summed E-state index contributed by atoms with van der Waals surface area (Å²) in [5.41, 5.74) is 0.792. The van der Waals surface area contributed by atoms with E-state index in [1.54, 1.807) is 37.3 Å². The fraction of sp³-hybridized carbons (Fsp3) is 0.194. The molecule has 0 bridgehead atoms. The lowest BCUT2D eigenvalue weighted by molar-refractivity contribution is -0.142. The van der Waals surface area contributed by atoms with Crippen molar-refractivity contribution in [2.45, 2.75) is 39.0 Å². The first kappa shape index (κ1) is 27.6. The molecule has 0 fully saturated rings. The number of carbonyl (C=O) groups is 2. The van der Waals surface area contributed by atoms with Gasteiger partial charge < -0.3 is 4.74 Å². The van der Waals surface area contributed by atoms with Crippen molar-refractivity contribution in [3.63, 3.8) is 0 Å². The molecule has 1 amide bonds. The van der Waals surface area contributed by atoms with E-state index in [-0.39, 0.29) is 35.6 Å². The van der Waals surface area contributed by atoms with E-state index in [0.29, 0.717) is 0 Å². The minimum absolute atomic E-state index is 0.0593. The van der Waals surface area contributed by atoms with Crippen LogP contribution >= 0.6 is 0 Å². The number of nitrogens with zero attached hydrogens (tertiary/aromatic N) is 2. The van der Waals surface area contributed by atoms with Crippen LogP contribution in [0.1, 0.15) is 48.4 Å². The molecule has 0 N–H and O–H groups in total. The Morgan fingerprint density at radius 3 is 2.21 bits per heavy atom. The van der Waals surface area contributed by atoms with Crippen LogP contribution in [0.15, 0.2) is 107 Å². The van der Waals surface area contributed by atoms with Crippen molar-refractivity contribution in [3.8, 4) is 0 Å². The van der Waals surface area contributed by atoms with Gasteiger partial charge in [0.1, 0.15) is 6.61 Å². The van der Waals surface area contributed by atoms with Crippen LogP contribution in [0.2, 0.25) is 0 Å². The molecule has 3 aromatic carbocycles. The summed E-state index contributed by atoms with van der Waals surface area (Å²) in [4.78, 5) is 26.8. The second-order valence-corrected chi connectivity index (χ2v) is 8.92. The SMILES string of the molecule is CCC1=NN(C(=O)/C=C/c2ccccc2)C(C)=C(C(=O)OCc2ccccc2)C1c1ccccc1C(F)(F)F. The highest BCUT2D eigenvalue weighted by Crippen LogP contribution is 2.42. The standard InChI is InChI=1S/C31H27F3N2O3/c1-3-26-29(24-16-10-11-17-25(24)31(32,33)34)28(30(38)39-20-23-14-8-5-9-15-23)21(2)36(35-26)27(37)19-18-22-12-6-4-7-13-22/h4-19,29H,3,20H2,1-2H3/b19-18+. The average Bonchev–Trinajstić information content (AvgIpc) is 2.95. The number of alkyl halides is 3. The molecule has 0 radical (unpaired) electrons. The highest BCUT2D eigenvalue weighted by atomic mass is 19.4. The highest BCUT2D eigenvalue weighted by Gasteiger charge is 2.42. The van der Waals surface area contributed by atoms with Gasteiger partial charge in [0, 0.05) is 6.08 Å². The summed E-state index contributed by atoms with van der Waals surface area (Å²) in [5.74, 6) is -2.50. The van der Waals surface area contributed by atoms with Crippen molar-refractivity contribution in [3.05, 3.63) is 125 Å². The van der Waals surface area contributed by atoms with E-state index in [1.807, 2.05) is 36.4 Å². The van der Waals surface area contributed by atoms with E-state index in [0.717, 1.165) is 22.2 Å². The highest BCUT2D eigenvalue weighted by molar-refractivity contribution is 6.07. The third-order valence-electron chi connectivity index (χ3n) is 6.36. The third kappa shape index (κ3) is 6.34. The summed E-state index contributed by atoms with van der Waals surface area (Å²) >= 11 is 0. The Balaban J connectivity index is 1.79. The Bertz CT molecular complexity index is 1430. The fourth-order valence-corrected chi connectivity index (χ4v) is 4.45. The molecule has 39 heavy (non-hydrogen) atoms.